The van der Waals surface area contributed by atoms with Crippen molar-refractivity contribution in [2.24, 2.45) is 11.8 Å². The van der Waals surface area contributed by atoms with Crippen LogP contribution in [0.2, 0.25) is 0 Å². The Morgan fingerprint density at radius 1 is 1.17 bits per heavy atom. The highest BCUT2D eigenvalue weighted by Gasteiger charge is 2.61. The van der Waals surface area contributed by atoms with Gasteiger partial charge in [-0.2, -0.15) is 0 Å². The van der Waals surface area contributed by atoms with Gasteiger partial charge in [0.05, 0.1) is 12.0 Å². The molecule has 122 valence electrons. The molecule has 23 heavy (non-hydrogen) atoms. The number of ether oxygens (including phenoxy) is 2. The van der Waals surface area contributed by atoms with Gasteiger partial charge in [0.1, 0.15) is 12.2 Å². The molecule has 3 rings (SSSR count). The Kier molecular flexibility index (Phi) is 3.88. The second-order valence-electron chi connectivity index (χ2n) is 6.92. The third kappa shape index (κ3) is 3.38. The van der Waals surface area contributed by atoms with E-state index in [1.54, 1.807) is 6.20 Å². The lowest BCUT2D eigenvalue weighted by Crippen LogP contribution is -2.35. The highest BCUT2D eigenvalue weighted by Crippen LogP contribution is 2.49. The van der Waals surface area contributed by atoms with Gasteiger partial charge in [0, 0.05) is 12.1 Å². The minimum Gasteiger partial charge on any atom is -0.461 e. The summed E-state index contributed by atoms with van der Waals surface area (Å²) in [7, 11) is 0. The Morgan fingerprint density at radius 2 is 1.87 bits per heavy atom. The molecule has 1 fully saturated rings. The van der Waals surface area contributed by atoms with Crippen molar-refractivity contribution in [2.45, 2.75) is 39.0 Å². The summed E-state index contributed by atoms with van der Waals surface area (Å²) in [6.45, 7) is 5.72. The third-order valence-electron chi connectivity index (χ3n) is 3.93. The maximum Gasteiger partial charge on any atom is 0.414 e. The van der Waals surface area contributed by atoms with Crippen molar-refractivity contribution in [1.82, 2.24) is 4.90 Å². The van der Waals surface area contributed by atoms with E-state index in [9.17, 15) is 9.59 Å². The van der Waals surface area contributed by atoms with Crippen LogP contribution in [0, 0.1) is 11.8 Å². The van der Waals surface area contributed by atoms with Crippen LogP contribution in [0.25, 0.3) is 0 Å². The Balaban J connectivity index is 1.55. The summed E-state index contributed by atoms with van der Waals surface area (Å²) in [5, 5.41) is 0. The monoisotopic (exact) mass is 315 g/mol. The number of hydrogen-bond acceptors (Lipinski definition) is 4. The molecule has 5 nitrogen and oxygen atoms in total. The fraction of sp³-hybridized carbons (Fsp3) is 0.444. The zero-order valence-electron chi connectivity index (χ0n) is 13.6. The molecule has 0 bridgehead atoms. The zero-order valence-corrected chi connectivity index (χ0v) is 13.6. The average Bonchev–Trinajstić information content (AvgIpc) is 3.03. The van der Waals surface area contributed by atoms with Gasteiger partial charge in [-0.05, 0) is 26.3 Å². The van der Waals surface area contributed by atoms with Crippen molar-refractivity contribution in [3.63, 3.8) is 0 Å². The summed E-state index contributed by atoms with van der Waals surface area (Å²) in [4.78, 5) is 25.9. The second-order valence-corrected chi connectivity index (χ2v) is 6.92. The van der Waals surface area contributed by atoms with E-state index in [0.29, 0.717) is 0 Å². The first-order valence-corrected chi connectivity index (χ1v) is 7.77. The molecule has 1 heterocycles. The van der Waals surface area contributed by atoms with Crippen LogP contribution in [0.4, 0.5) is 4.79 Å². The molecule has 0 unspecified atom stereocenters. The van der Waals surface area contributed by atoms with Crippen LogP contribution in [0.5, 0.6) is 0 Å². The number of nitrogens with zero attached hydrogens (tertiary/aromatic N) is 1. The average molecular weight is 315 g/mol. The number of benzene rings is 1. The maximum absolute atomic E-state index is 12.2. The Hall–Kier alpha value is -2.30. The summed E-state index contributed by atoms with van der Waals surface area (Å²) >= 11 is 0. The molecule has 0 aromatic heterocycles. The van der Waals surface area contributed by atoms with Crippen LogP contribution in [-0.2, 0) is 20.9 Å². The normalized spacial score (nSPS) is 25.0. The summed E-state index contributed by atoms with van der Waals surface area (Å²) in [6, 6.07) is 9.39. The quantitative estimate of drug-likeness (QED) is 0.804. The number of hydrogen-bond donors (Lipinski definition) is 0. The van der Waals surface area contributed by atoms with Crippen LogP contribution in [0.1, 0.15) is 26.3 Å². The lowest BCUT2D eigenvalue weighted by Gasteiger charge is -2.24. The summed E-state index contributed by atoms with van der Waals surface area (Å²) in [5.74, 6) is -0.496. The molecule has 0 N–H and O–H groups in total. The predicted octanol–water partition coefficient (Wildman–Crippen LogP) is 3.11. The molecule has 1 aromatic carbocycles. The first-order chi connectivity index (χ1) is 10.9. The fourth-order valence-electron chi connectivity index (χ4n) is 2.82. The van der Waals surface area contributed by atoms with Crippen LogP contribution >= 0.6 is 0 Å². The van der Waals surface area contributed by atoms with Gasteiger partial charge in [-0.25, -0.2) is 4.79 Å². The van der Waals surface area contributed by atoms with Crippen molar-refractivity contribution >= 4 is 12.1 Å². The molecule has 0 radical (unpaired) electrons. The molecule has 1 aromatic rings. The highest BCUT2D eigenvalue weighted by molar-refractivity contribution is 5.82. The smallest absolute Gasteiger partial charge is 0.414 e. The fourth-order valence-corrected chi connectivity index (χ4v) is 2.82. The third-order valence-corrected chi connectivity index (χ3v) is 3.93. The Labute approximate surface area is 135 Å². The number of fused-ring (bicyclic) bond motifs is 1. The van der Waals surface area contributed by atoms with Crippen LogP contribution < -0.4 is 0 Å². The zero-order chi connectivity index (χ0) is 16.6. The van der Waals surface area contributed by atoms with Crippen molar-refractivity contribution < 1.29 is 19.1 Å². The first kappa shape index (κ1) is 15.6. The van der Waals surface area contributed by atoms with Crippen molar-refractivity contribution in [2.75, 3.05) is 0 Å². The van der Waals surface area contributed by atoms with Gasteiger partial charge in [-0.15, -0.1) is 0 Å². The van der Waals surface area contributed by atoms with E-state index in [1.165, 1.54) is 4.90 Å². The van der Waals surface area contributed by atoms with E-state index < -0.39 is 11.7 Å². The highest BCUT2D eigenvalue weighted by atomic mass is 16.6. The van der Waals surface area contributed by atoms with Gasteiger partial charge < -0.3 is 9.47 Å². The number of carbonyl (C=O) groups excluding carboxylic acids is 2. The Bertz CT molecular complexity index is 632. The van der Waals surface area contributed by atoms with Crippen molar-refractivity contribution in [3.8, 4) is 0 Å². The molecular formula is C18H21NO4. The van der Waals surface area contributed by atoms with Gasteiger partial charge >= 0.3 is 12.1 Å². The summed E-state index contributed by atoms with van der Waals surface area (Å²) in [5.41, 5.74) is 0.396. The Morgan fingerprint density at radius 3 is 2.52 bits per heavy atom. The SMILES string of the molecule is CC(C)(C)OC(=O)N1C=C[C@@H]2[C@@H](C(=O)OCc3ccccc3)[C@@H]21. The van der Waals surface area contributed by atoms with Crippen molar-refractivity contribution in [3.05, 3.63) is 48.2 Å². The van der Waals surface area contributed by atoms with Gasteiger partial charge in [0.2, 0.25) is 0 Å². The van der Waals surface area contributed by atoms with Crippen molar-refractivity contribution in [1.29, 1.82) is 0 Å². The van der Waals surface area contributed by atoms with Gasteiger partial charge in [-0.3, -0.25) is 9.69 Å². The molecule has 0 spiro atoms. The molecule has 1 saturated carbocycles. The first-order valence-electron chi connectivity index (χ1n) is 7.77. The van der Waals surface area contributed by atoms with Crippen LogP contribution in [0.3, 0.4) is 0 Å². The van der Waals surface area contributed by atoms with Gasteiger partial charge in [0.25, 0.3) is 0 Å². The van der Waals surface area contributed by atoms with E-state index in [2.05, 4.69) is 0 Å². The number of rotatable bonds is 3. The molecule has 5 heteroatoms. The standard InChI is InChI=1S/C18H21NO4/c1-18(2,3)23-17(21)19-10-9-13-14(15(13)19)16(20)22-11-12-7-5-4-6-8-12/h4-10,13-15H,11H2,1-3H3/t13-,14-,15-/m1/s1. The summed E-state index contributed by atoms with van der Waals surface area (Å²) < 4.78 is 10.7. The number of esters is 1. The molecule has 1 aliphatic carbocycles. The predicted molar refractivity (Wildman–Crippen MR) is 84.2 cm³/mol. The molecule has 3 atom stereocenters. The molecule has 0 saturated heterocycles. The molecular weight excluding hydrogens is 294 g/mol. The van der Waals surface area contributed by atoms with E-state index in [0.717, 1.165) is 5.56 Å². The molecule has 1 amide bonds. The minimum absolute atomic E-state index is 0.0470. The van der Waals surface area contributed by atoms with Gasteiger partial charge in [0.15, 0.2) is 0 Å². The van der Waals surface area contributed by atoms with Crippen LogP contribution in [-0.4, -0.2) is 28.6 Å². The van der Waals surface area contributed by atoms with E-state index >= 15 is 0 Å². The second kappa shape index (κ2) is 5.72. The molecule has 1 aliphatic heterocycles. The minimum atomic E-state index is -0.554. The lowest BCUT2D eigenvalue weighted by atomic mass is 10.2. The number of amides is 1. The maximum atomic E-state index is 12.2. The van der Waals surface area contributed by atoms with E-state index in [4.69, 9.17) is 9.47 Å². The largest absolute Gasteiger partial charge is 0.461 e. The molecule has 2 aliphatic rings. The van der Waals surface area contributed by atoms with Gasteiger partial charge in [-0.1, -0.05) is 36.4 Å². The van der Waals surface area contributed by atoms with E-state index in [-0.39, 0.29) is 30.5 Å². The topological polar surface area (TPSA) is 55.8 Å². The van der Waals surface area contributed by atoms with E-state index in [1.807, 2.05) is 57.2 Å². The number of carbonyl (C=O) groups is 2. The summed E-state index contributed by atoms with van der Waals surface area (Å²) in [6.07, 6.45) is 3.16. The lowest BCUT2D eigenvalue weighted by molar-refractivity contribution is -0.147. The van der Waals surface area contributed by atoms with Crippen LogP contribution in [0.15, 0.2) is 42.6 Å².